The molecule has 4 N–H and O–H groups in total. The van der Waals surface area contributed by atoms with Gasteiger partial charge in [0.05, 0.1) is 6.54 Å². The molecule has 0 bridgehead atoms. The molecular formula is C25H46N6O5. The second kappa shape index (κ2) is 23.8. The van der Waals surface area contributed by atoms with Crippen LogP contribution in [0.5, 0.6) is 0 Å². The number of aliphatic imine (C=N–C) groups is 1. The fourth-order valence-electron chi connectivity index (χ4n) is 3.47. The summed E-state index contributed by atoms with van der Waals surface area (Å²) in [6.45, 7) is 6.05. The van der Waals surface area contributed by atoms with Gasteiger partial charge in [0, 0.05) is 46.6 Å². The van der Waals surface area contributed by atoms with Gasteiger partial charge in [0.15, 0.2) is 0 Å². The van der Waals surface area contributed by atoms with Crippen LogP contribution in [0.25, 0.3) is 0 Å². The number of isocyanates is 1. The number of amides is 6. The summed E-state index contributed by atoms with van der Waals surface area (Å²) in [7, 11) is 0. The molecule has 0 radical (unpaired) electrons. The summed E-state index contributed by atoms with van der Waals surface area (Å²) in [6.07, 6.45) is 11.8. The molecule has 0 aromatic carbocycles. The highest BCUT2D eigenvalue weighted by atomic mass is 16.2. The number of hydrogen-bond acceptors (Lipinski definition) is 6. The molecule has 0 fully saturated rings. The van der Waals surface area contributed by atoms with Crippen LogP contribution in [0.15, 0.2) is 4.99 Å². The van der Waals surface area contributed by atoms with Crippen molar-refractivity contribution in [2.24, 2.45) is 4.99 Å². The molecular weight excluding hydrogens is 464 g/mol. The van der Waals surface area contributed by atoms with Crippen molar-refractivity contribution in [3.63, 3.8) is 0 Å². The molecule has 0 unspecified atom stereocenters. The van der Waals surface area contributed by atoms with Crippen molar-refractivity contribution in [3.8, 4) is 0 Å². The smallest absolute Gasteiger partial charge is 0.325 e. The molecule has 11 heteroatoms. The van der Waals surface area contributed by atoms with Gasteiger partial charge >= 0.3 is 12.1 Å². The van der Waals surface area contributed by atoms with Crippen molar-refractivity contribution in [1.82, 2.24) is 26.2 Å². The van der Waals surface area contributed by atoms with Crippen LogP contribution in [0, 0.1) is 0 Å². The third-order valence-corrected chi connectivity index (χ3v) is 5.46. The Bertz CT molecular complexity index is 640. The van der Waals surface area contributed by atoms with E-state index in [1.165, 1.54) is 24.8 Å². The Morgan fingerprint density at radius 2 is 0.972 bits per heavy atom. The van der Waals surface area contributed by atoms with Crippen LogP contribution in [0.3, 0.4) is 0 Å². The summed E-state index contributed by atoms with van der Waals surface area (Å²) in [6, 6.07) is -0.793. The minimum atomic E-state index is -0.397. The summed E-state index contributed by atoms with van der Waals surface area (Å²) in [5.74, 6) is -0.0610. The summed E-state index contributed by atoms with van der Waals surface area (Å²) in [4.78, 5) is 61.9. The van der Waals surface area contributed by atoms with Crippen LogP contribution in [-0.4, -0.2) is 74.1 Å². The number of urea groups is 2. The molecule has 0 spiro atoms. The Labute approximate surface area is 215 Å². The van der Waals surface area contributed by atoms with E-state index in [0.717, 1.165) is 70.6 Å². The van der Waals surface area contributed by atoms with Gasteiger partial charge in [-0.15, -0.1) is 0 Å². The number of rotatable bonds is 21. The molecule has 0 rings (SSSR count). The van der Waals surface area contributed by atoms with Crippen LogP contribution < -0.4 is 21.3 Å². The molecule has 11 nitrogen and oxygen atoms in total. The van der Waals surface area contributed by atoms with E-state index >= 15 is 0 Å². The fourth-order valence-corrected chi connectivity index (χ4v) is 3.47. The number of nitrogens with one attached hydrogen (secondary N) is 4. The number of carbonyl (C=O) groups is 4. The van der Waals surface area contributed by atoms with Crippen molar-refractivity contribution >= 4 is 30.0 Å². The first-order valence-electron chi connectivity index (χ1n) is 13.2. The van der Waals surface area contributed by atoms with Crippen LogP contribution in [0.1, 0.15) is 90.9 Å². The maximum Gasteiger partial charge on any atom is 0.325 e. The normalized spacial score (nSPS) is 10.2. The Balaban J connectivity index is 4.31. The van der Waals surface area contributed by atoms with E-state index in [1.807, 2.05) is 0 Å². The van der Waals surface area contributed by atoms with Gasteiger partial charge in [-0.05, 0) is 38.5 Å². The zero-order valence-electron chi connectivity index (χ0n) is 22.2. The minimum absolute atomic E-state index is 0.0305. The molecule has 0 aliphatic carbocycles. The summed E-state index contributed by atoms with van der Waals surface area (Å²) in [5.41, 5.74) is 0. The predicted octanol–water partition coefficient (Wildman–Crippen LogP) is 3.00. The number of unbranched alkanes of at least 4 members (excludes halogenated alkanes) is 9. The fraction of sp³-hybridized carbons (Fsp3) is 0.800. The van der Waals surface area contributed by atoms with Crippen molar-refractivity contribution in [2.75, 3.05) is 39.3 Å². The molecule has 6 amide bonds. The van der Waals surface area contributed by atoms with Gasteiger partial charge in [0.2, 0.25) is 17.9 Å². The van der Waals surface area contributed by atoms with Crippen molar-refractivity contribution < 1.29 is 24.0 Å². The highest BCUT2D eigenvalue weighted by Gasteiger charge is 2.20. The van der Waals surface area contributed by atoms with E-state index < -0.39 is 12.1 Å². The molecule has 0 saturated carbocycles. The predicted molar refractivity (Wildman–Crippen MR) is 139 cm³/mol. The third kappa shape index (κ3) is 21.6. The highest BCUT2D eigenvalue weighted by molar-refractivity contribution is 5.93. The minimum Gasteiger partial charge on any atom is -0.356 e. The topological polar surface area (TPSA) is 149 Å². The van der Waals surface area contributed by atoms with Gasteiger partial charge in [-0.25, -0.2) is 24.3 Å². The Morgan fingerprint density at radius 3 is 1.39 bits per heavy atom. The first kappa shape index (κ1) is 33.1. The summed E-state index contributed by atoms with van der Waals surface area (Å²) >= 11 is 0. The van der Waals surface area contributed by atoms with Crippen LogP contribution in [-0.2, 0) is 14.4 Å². The van der Waals surface area contributed by atoms with Gasteiger partial charge in [0.25, 0.3) is 0 Å². The molecule has 0 aromatic rings. The third-order valence-electron chi connectivity index (χ3n) is 5.46. The Kier molecular flexibility index (Phi) is 21.8. The van der Waals surface area contributed by atoms with Crippen molar-refractivity contribution in [1.29, 1.82) is 0 Å². The molecule has 0 heterocycles. The van der Waals surface area contributed by atoms with Crippen LogP contribution in [0.2, 0.25) is 0 Å². The number of nitrogens with zero attached hydrogens (tertiary/aromatic N) is 2. The number of imide groups is 1. The standard InChI is InChI=1S/C25H46N6O5/c1-22(33)27-16-10-3-5-12-18-29-24(35)31(20-14-8-7-9-15-26-21-32)25(36)30-19-13-6-4-11-17-28-23(2)34/h3-20H2,1-2H3,(H,27,33)(H,28,34)(H,29,35)(H,30,36). The van der Waals surface area contributed by atoms with E-state index in [4.69, 9.17) is 0 Å². The average molecular weight is 511 g/mol. The van der Waals surface area contributed by atoms with Crippen molar-refractivity contribution in [3.05, 3.63) is 0 Å². The number of carbonyl (C=O) groups excluding carboxylic acids is 5. The lowest BCUT2D eigenvalue weighted by Gasteiger charge is -2.22. The SMILES string of the molecule is CC(=O)NCCCCCCNC(=O)N(CCCCCCN=C=O)C(=O)NCCCCCCNC(C)=O. The largest absolute Gasteiger partial charge is 0.356 e. The molecule has 206 valence electrons. The van der Waals surface area contributed by atoms with Gasteiger partial charge in [-0.3, -0.25) is 9.59 Å². The van der Waals surface area contributed by atoms with Crippen LogP contribution >= 0.6 is 0 Å². The van der Waals surface area contributed by atoms with E-state index in [9.17, 15) is 24.0 Å². The molecule has 0 saturated heterocycles. The molecule has 0 atom stereocenters. The molecule has 36 heavy (non-hydrogen) atoms. The van der Waals surface area contributed by atoms with E-state index in [-0.39, 0.29) is 11.8 Å². The second-order valence-electron chi connectivity index (χ2n) is 8.80. The maximum atomic E-state index is 12.7. The van der Waals surface area contributed by atoms with Gasteiger partial charge in [0.1, 0.15) is 0 Å². The molecule has 0 aliphatic heterocycles. The van der Waals surface area contributed by atoms with E-state index in [0.29, 0.717) is 45.7 Å². The quantitative estimate of drug-likeness (QED) is 0.106. The lowest BCUT2D eigenvalue weighted by Crippen LogP contribution is -2.49. The van der Waals surface area contributed by atoms with Gasteiger partial charge in [-0.1, -0.05) is 38.5 Å². The first-order valence-corrected chi connectivity index (χ1v) is 13.2. The van der Waals surface area contributed by atoms with E-state index in [1.54, 1.807) is 0 Å². The molecule has 0 aliphatic rings. The Morgan fingerprint density at radius 1 is 0.583 bits per heavy atom. The first-order chi connectivity index (χ1) is 17.4. The lowest BCUT2D eigenvalue weighted by atomic mass is 10.2. The van der Waals surface area contributed by atoms with Gasteiger partial charge in [-0.2, -0.15) is 0 Å². The van der Waals surface area contributed by atoms with Crippen LogP contribution in [0.4, 0.5) is 9.59 Å². The van der Waals surface area contributed by atoms with Crippen molar-refractivity contribution in [2.45, 2.75) is 90.9 Å². The number of hydrogen-bond donors (Lipinski definition) is 4. The van der Waals surface area contributed by atoms with Gasteiger partial charge < -0.3 is 21.3 Å². The Hall–Kier alpha value is -2.94. The maximum absolute atomic E-state index is 12.7. The zero-order chi connectivity index (χ0) is 26.9. The molecule has 0 aromatic heterocycles. The summed E-state index contributed by atoms with van der Waals surface area (Å²) in [5, 5.41) is 11.2. The monoisotopic (exact) mass is 510 g/mol. The highest BCUT2D eigenvalue weighted by Crippen LogP contribution is 2.05. The zero-order valence-corrected chi connectivity index (χ0v) is 22.2. The second-order valence-corrected chi connectivity index (χ2v) is 8.80. The lowest BCUT2D eigenvalue weighted by molar-refractivity contribution is -0.119. The summed E-state index contributed by atoms with van der Waals surface area (Å²) < 4.78 is 0. The average Bonchev–Trinajstić information content (AvgIpc) is 2.83. The van der Waals surface area contributed by atoms with E-state index in [2.05, 4.69) is 26.3 Å².